The summed E-state index contributed by atoms with van der Waals surface area (Å²) < 4.78 is 2.03. The first-order valence-electron chi connectivity index (χ1n) is 9.72. The number of aliphatic imine (C=N–C) groups is 1. The lowest BCUT2D eigenvalue weighted by molar-refractivity contribution is 0.485. The van der Waals surface area contributed by atoms with Gasteiger partial charge in [-0.15, -0.1) is 24.0 Å². The molecule has 0 bridgehead atoms. The average Bonchev–Trinajstić information content (AvgIpc) is 3.27. The summed E-state index contributed by atoms with van der Waals surface area (Å²) >= 11 is 0. The molecular weight excluding hydrogens is 449 g/mol. The van der Waals surface area contributed by atoms with Gasteiger partial charge in [0, 0.05) is 50.9 Å². The predicted octanol–water partition coefficient (Wildman–Crippen LogP) is 3.73. The molecule has 2 aromatic rings. The first-order chi connectivity index (χ1) is 12.7. The Bertz CT molecular complexity index is 753. The quantitative estimate of drug-likeness (QED) is 0.402. The minimum atomic E-state index is 0. The summed E-state index contributed by atoms with van der Waals surface area (Å²) in [4.78, 5) is 6.92. The van der Waals surface area contributed by atoms with Gasteiger partial charge in [0.25, 0.3) is 0 Å². The zero-order valence-corrected chi connectivity index (χ0v) is 19.2. The number of hydrogen-bond donors (Lipinski definition) is 1. The zero-order valence-electron chi connectivity index (χ0n) is 16.9. The largest absolute Gasteiger partial charge is 0.352 e. The van der Waals surface area contributed by atoms with Crippen LogP contribution in [0.1, 0.15) is 48.7 Å². The molecule has 148 valence electrons. The van der Waals surface area contributed by atoms with Crippen molar-refractivity contribution in [3.05, 3.63) is 52.8 Å². The lowest BCUT2D eigenvalue weighted by atomic mass is 9.99. The number of benzene rings is 1. The van der Waals surface area contributed by atoms with Gasteiger partial charge in [0.2, 0.25) is 0 Å². The van der Waals surface area contributed by atoms with E-state index in [1.807, 2.05) is 18.8 Å². The van der Waals surface area contributed by atoms with E-state index in [1.165, 1.54) is 28.9 Å². The molecule has 1 N–H and O–H groups in total. The topological polar surface area (TPSA) is 45.5 Å². The van der Waals surface area contributed by atoms with Gasteiger partial charge in [-0.05, 0) is 24.8 Å². The maximum Gasteiger partial charge on any atom is 0.193 e. The minimum absolute atomic E-state index is 0. The lowest BCUT2D eigenvalue weighted by Gasteiger charge is -2.22. The van der Waals surface area contributed by atoms with E-state index < -0.39 is 0 Å². The van der Waals surface area contributed by atoms with Crippen LogP contribution >= 0.6 is 24.0 Å². The Morgan fingerprint density at radius 1 is 1.22 bits per heavy atom. The lowest BCUT2D eigenvalue weighted by Crippen LogP contribution is -2.39. The molecular formula is C21H32IN5. The van der Waals surface area contributed by atoms with Crippen LogP contribution in [0.25, 0.3) is 0 Å². The van der Waals surface area contributed by atoms with Crippen molar-refractivity contribution in [1.82, 2.24) is 20.0 Å². The van der Waals surface area contributed by atoms with Crippen LogP contribution < -0.4 is 5.32 Å². The molecule has 1 unspecified atom stereocenters. The third kappa shape index (κ3) is 4.83. The van der Waals surface area contributed by atoms with Crippen molar-refractivity contribution in [3.8, 4) is 0 Å². The molecule has 1 aliphatic rings. The summed E-state index contributed by atoms with van der Waals surface area (Å²) in [5, 5.41) is 8.26. The van der Waals surface area contributed by atoms with Gasteiger partial charge in [0.05, 0.1) is 5.69 Å². The van der Waals surface area contributed by atoms with Gasteiger partial charge in [0.15, 0.2) is 5.96 Å². The number of nitrogens with one attached hydrogen (secondary N) is 1. The second-order valence-electron chi connectivity index (χ2n) is 6.95. The third-order valence-electron chi connectivity index (χ3n) is 5.42. The number of hydrogen-bond acceptors (Lipinski definition) is 2. The monoisotopic (exact) mass is 481 g/mol. The van der Waals surface area contributed by atoms with Gasteiger partial charge in [0.1, 0.15) is 0 Å². The van der Waals surface area contributed by atoms with Crippen LogP contribution in [-0.2, 0) is 26.4 Å². The summed E-state index contributed by atoms with van der Waals surface area (Å²) in [6.45, 7) is 7.23. The fourth-order valence-electron chi connectivity index (χ4n) is 4.04. The molecule has 0 radical (unpaired) electrons. The maximum atomic E-state index is 4.68. The molecule has 0 amide bonds. The highest BCUT2D eigenvalue weighted by molar-refractivity contribution is 14.0. The Kier molecular flexibility index (Phi) is 8.13. The third-order valence-corrected chi connectivity index (χ3v) is 5.42. The molecule has 1 aliphatic heterocycles. The molecule has 5 nitrogen and oxygen atoms in total. The number of aromatic nitrogens is 2. The van der Waals surface area contributed by atoms with Crippen molar-refractivity contribution in [3.63, 3.8) is 0 Å². The molecule has 1 aromatic heterocycles. The molecule has 2 heterocycles. The van der Waals surface area contributed by atoms with Crippen molar-refractivity contribution >= 4 is 29.9 Å². The van der Waals surface area contributed by atoms with Gasteiger partial charge >= 0.3 is 0 Å². The van der Waals surface area contributed by atoms with Crippen molar-refractivity contribution < 1.29 is 0 Å². The summed E-state index contributed by atoms with van der Waals surface area (Å²) in [7, 11) is 3.92. The Balaban J connectivity index is 0.00000261. The summed E-state index contributed by atoms with van der Waals surface area (Å²) in [6.07, 6.45) is 3.14. The second-order valence-corrected chi connectivity index (χ2v) is 6.95. The number of nitrogens with zero attached hydrogens (tertiary/aromatic N) is 4. The normalized spacial score (nSPS) is 17.1. The van der Waals surface area contributed by atoms with E-state index in [2.05, 4.69) is 64.5 Å². The Morgan fingerprint density at radius 2 is 1.96 bits per heavy atom. The number of rotatable bonds is 5. The highest BCUT2D eigenvalue weighted by Crippen LogP contribution is 2.27. The van der Waals surface area contributed by atoms with E-state index in [4.69, 9.17) is 0 Å². The van der Waals surface area contributed by atoms with Gasteiger partial charge in [-0.2, -0.15) is 5.10 Å². The van der Waals surface area contributed by atoms with Crippen LogP contribution in [0.4, 0.5) is 0 Å². The fraction of sp³-hybridized carbons (Fsp3) is 0.524. The van der Waals surface area contributed by atoms with Gasteiger partial charge < -0.3 is 10.2 Å². The molecule has 1 aromatic carbocycles. The van der Waals surface area contributed by atoms with E-state index in [9.17, 15) is 0 Å². The van der Waals surface area contributed by atoms with E-state index in [-0.39, 0.29) is 24.0 Å². The summed E-state index contributed by atoms with van der Waals surface area (Å²) in [5.41, 5.74) is 5.26. The number of halogens is 1. The van der Waals surface area contributed by atoms with Crippen LogP contribution in [0.2, 0.25) is 0 Å². The maximum absolute atomic E-state index is 4.68. The summed E-state index contributed by atoms with van der Waals surface area (Å²) in [6, 6.07) is 10.8. The van der Waals surface area contributed by atoms with E-state index in [0.717, 1.165) is 38.4 Å². The van der Waals surface area contributed by atoms with Crippen LogP contribution in [-0.4, -0.2) is 40.8 Å². The van der Waals surface area contributed by atoms with Gasteiger partial charge in [-0.25, -0.2) is 0 Å². The molecule has 0 saturated carbocycles. The second kappa shape index (κ2) is 10.1. The van der Waals surface area contributed by atoms with E-state index in [1.54, 1.807) is 0 Å². The first kappa shape index (κ1) is 21.7. The standard InChI is InChI=1S/C21H31N5.HI/c1-5-19-18(20(6-2)25(4)24-19)14-23-21(22-3)26-13-12-17(15-26)16-10-8-7-9-11-16;/h7-11,17H,5-6,12-15H2,1-4H3,(H,22,23);1H. The van der Waals surface area contributed by atoms with E-state index in [0.29, 0.717) is 5.92 Å². The Hall–Kier alpha value is -1.57. The van der Waals surface area contributed by atoms with Crippen LogP contribution in [0.5, 0.6) is 0 Å². The van der Waals surface area contributed by atoms with E-state index >= 15 is 0 Å². The van der Waals surface area contributed by atoms with Gasteiger partial charge in [-0.3, -0.25) is 9.67 Å². The molecule has 0 spiro atoms. The molecule has 0 aliphatic carbocycles. The summed E-state index contributed by atoms with van der Waals surface area (Å²) in [5.74, 6) is 1.59. The number of aryl methyl sites for hydroxylation is 2. The number of likely N-dealkylation sites (tertiary alicyclic amines) is 1. The SMILES string of the molecule is CCc1nn(C)c(CC)c1CNC(=NC)N1CCC(c2ccccc2)C1.I. The molecule has 1 saturated heterocycles. The molecule has 6 heteroatoms. The number of guanidine groups is 1. The van der Waals surface area contributed by atoms with Crippen LogP contribution in [0.3, 0.4) is 0 Å². The van der Waals surface area contributed by atoms with Crippen molar-refractivity contribution in [2.45, 2.75) is 45.6 Å². The highest BCUT2D eigenvalue weighted by atomic mass is 127. The van der Waals surface area contributed by atoms with Crippen LogP contribution in [0.15, 0.2) is 35.3 Å². The average molecular weight is 481 g/mol. The van der Waals surface area contributed by atoms with Gasteiger partial charge in [-0.1, -0.05) is 44.2 Å². The minimum Gasteiger partial charge on any atom is -0.352 e. The first-order valence-corrected chi connectivity index (χ1v) is 9.72. The Labute approximate surface area is 180 Å². The molecule has 3 rings (SSSR count). The predicted molar refractivity (Wildman–Crippen MR) is 123 cm³/mol. The highest BCUT2D eigenvalue weighted by Gasteiger charge is 2.26. The zero-order chi connectivity index (χ0) is 18.5. The van der Waals surface area contributed by atoms with Crippen molar-refractivity contribution in [2.24, 2.45) is 12.0 Å². The molecule has 27 heavy (non-hydrogen) atoms. The fourth-order valence-corrected chi connectivity index (χ4v) is 4.04. The van der Waals surface area contributed by atoms with Crippen molar-refractivity contribution in [1.29, 1.82) is 0 Å². The Morgan fingerprint density at radius 3 is 2.59 bits per heavy atom. The smallest absolute Gasteiger partial charge is 0.193 e. The van der Waals surface area contributed by atoms with Crippen molar-refractivity contribution in [2.75, 3.05) is 20.1 Å². The molecule has 1 atom stereocenters. The molecule has 1 fully saturated rings. The van der Waals surface area contributed by atoms with Crippen LogP contribution in [0, 0.1) is 0 Å².